The fourth-order valence-corrected chi connectivity index (χ4v) is 0.118. The first-order valence-electron chi connectivity index (χ1n) is 1.77. The summed E-state index contributed by atoms with van der Waals surface area (Å²) in [7, 11) is 0. The first-order chi connectivity index (χ1) is 2.77. The molecule has 7 heavy (non-hydrogen) atoms. The Hall–Kier alpha value is 0.514. The van der Waals surface area contributed by atoms with E-state index in [0.717, 1.165) is 5.57 Å². The van der Waals surface area contributed by atoms with Gasteiger partial charge in [-0.25, -0.2) is 0 Å². The average Bonchev–Trinajstić information content (AvgIpc) is 1.35. The summed E-state index contributed by atoms with van der Waals surface area (Å²) in [6.45, 7) is 3.66. The zero-order valence-electron chi connectivity index (χ0n) is 4.56. The molecule has 34 valence electrons. The Bertz CT molecular complexity index is 72.1. The van der Waals surface area contributed by atoms with E-state index in [1.54, 1.807) is 0 Å². The van der Waals surface area contributed by atoms with Crippen molar-refractivity contribution in [3.63, 3.8) is 0 Å². The van der Waals surface area contributed by atoms with Crippen molar-refractivity contribution < 1.29 is 37.5 Å². The molecule has 0 radical (unpaired) electrons. The molecule has 1 nitrogen and oxygen atoms in total. The summed E-state index contributed by atoms with van der Waals surface area (Å²) in [5.74, 6) is 0. The van der Waals surface area contributed by atoms with E-state index in [-0.39, 0.29) is 32.7 Å². The van der Waals surface area contributed by atoms with Crippen molar-refractivity contribution in [2.75, 3.05) is 0 Å². The molecule has 0 amide bonds. The van der Waals surface area contributed by atoms with Gasteiger partial charge in [0.2, 0.25) is 0 Å². The van der Waals surface area contributed by atoms with Crippen molar-refractivity contribution in [3.8, 4) is 0 Å². The maximum absolute atomic E-state index is 9.48. The van der Waals surface area contributed by atoms with Gasteiger partial charge in [0.05, 0.1) is 0 Å². The molecule has 0 atom stereocenters. The molecular formula is C5H7OY+2. The third-order valence-electron chi connectivity index (χ3n) is 0.348. The van der Waals surface area contributed by atoms with Gasteiger partial charge < -0.3 is 10.9 Å². The number of aldehydes is 1. The van der Waals surface area contributed by atoms with Gasteiger partial charge in [-0.15, -0.1) is 0 Å². The maximum atomic E-state index is 9.48. The normalized spacial score (nSPS) is 6.00. The molecule has 0 unspecified atom stereocenters. The Morgan fingerprint density at radius 2 is 2.00 bits per heavy atom. The van der Waals surface area contributed by atoms with E-state index < -0.39 is 0 Å². The van der Waals surface area contributed by atoms with Crippen LogP contribution in [0.1, 0.15) is 13.8 Å². The summed E-state index contributed by atoms with van der Waals surface area (Å²) < 4.78 is 0. The van der Waals surface area contributed by atoms with Gasteiger partial charge in [-0.1, -0.05) is 13.8 Å². The number of carbonyl (C=O) groups is 1. The van der Waals surface area contributed by atoms with Crippen LogP contribution in [0.15, 0.2) is 5.57 Å². The van der Waals surface area contributed by atoms with Crippen molar-refractivity contribution in [1.82, 2.24) is 0 Å². The van der Waals surface area contributed by atoms with Crippen LogP contribution in [0, 0.1) is 6.08 Å². The molecular weight excluding hydrogens is 165 g/mol. The van der Waals surface area contributed by atoms with E-state index in [1.165, 1.54) is 0 Å². The molecule has 0 heterocycles. The predicted octanol–water partition coefficient (Wildman–Crippen LogP) is 0.952. The summed E-state index contributed by atoms with van der Waals surface area (Å²) in [4.78, 5) is 9.48. The van der Waals surface area contributed by atoms with Crippen LogP contribution in [0.25, 0.3) is 0 Å². The Labute approximate surface area is 69.1 Å². The van der Waals surface area contributed by atoms with Crippen LogP contribution in [0.3, 0.4) is 0 Å². The van der Waals surface area contributed by atoms with Gasteiger partial charge in [0.25, 0.3) is 0 Å². The number of rotatable bonds is 1. The second-order valence-electron chi connectivity index (χ2n) is 1.26. The van der Waals surface area contributed by atoms with E-state index in [4.69, 9.17) is 0 Å². The molecule has 0 aromatic heterocycles. The van der Waals surface area contributed by atoms with Gasteiger partial charge in [0.15, 0.2) is 0 Å². The number of carbonyl (C=O) groups excluding carboxylic acids is 1. The molecule has 0 aromatic rings. The minimum atomic E-state index is 0. The summed E-state index contributed by atoms with van der Waals surface area (Å²) in [6, 6.07) is 0. The summed E-state index contributed by atoms with van der Waals surface area (Å²) in [5, 5.41) is 0. The molecule has 2 heteroatoms. The maximum Gasteiger partial charge on any atom is 3.00 e. The SMILES string of the molecule is CC(C)=[C-]C=O.[Y+3]. The second-order valence-corrected chi connectivity index (χ2v) is 1.26. The predicted molar refractivity (Wildman–Crippen MR) is 24.2 cm³/mol. The van der Waals surface area contributed by atoms with Gasteiger partial charge in [-0.3, -0.25) is 5.57 Å². The second kappa shape index (κ2) is 6.51. The smallest absolute Gasteiger partial charge is 0.432 e. The standard InChI is InChI=1S/C5H7O.Y/c1-5(2)3-4-6;/h4H,1-2H3;/q-1;+3. The Balaban J connectivity index is 0. The fourth-order valence-electron chi connectivity index (χ4n) is 0.118. The largest absolute Gasteiger partial charge is 3.00 e. The third kappa shape index (κ3) is 10.7. The molecule has 0 spiro atoms. The van der Waals surface area contributed by atoms with Crippen LogP contribution in [-0.4, -0.2) is 6.29 Å². The summed E-state index contributed by atoms with van der Waals surface area (Å²) >= 11 is 0. The molecule has 0 rings (SSSR count). The van der Waals surface area contributed by atoms with Crippen molar-refractivity contribution in [3.05, 3.63) is 11.6 Å². The van der Waals surface area contributed by atoms with Crippen LogP contribution in [-0.2, 0) is 37.5 Å². The van der Waals surface area contributed by atoms with E-state index in [9.17, 15) is 4.79 Å². The van der Waals surface area contributed by atoms with Crippen molar-refractivity contribution in [2.45, 2.75) is 13.8 Å². The number of hydrogen-bond donors (Lipinski definition) is 0. The van der Waals surface area contributed by atoms with Crippen LogP contribution >= 0.6 is 0 Å². The molecule has 0 aliphatic carbocycles. The molecule has 0 saturated heterocycles. The van der Waals surface area contributed by atoms with Crippen LogP contribution in [0.4, 0.5) is 0 Å². The monoisotopic (exact) mass is 172 g/mol. The van der Waals surface area contributed by atoms with Gasteiger partial charge in [0, 0.05) is 0 Å². The molecule has 0 bridgehead atoms. The van der Waals surface area contributed by atoms with Gasteiger partial charge in [-0.05, 0) is 6.29 Å². The molecule has 0 aliphatic rings. The van der Waals surface area contributed by atoms with Gasteiger partial charge >= 0.3 is 32.7 Å². The van der Waals surface area contributed by atoms with Crippen LogP contribution in [0.5, 0.6) is 0 Å². The number of hydrogen-bond acceptors (Lipinski definition) is 1. The molecule has 0 N–H and O–H groups in total. The quantitative estimate of drug-likeness (QED) is 0.327. The van der Waals surface area contributed by atoms with Crippen LogP contribution in [0.2, 0.25) is 0 Å². The number of allylic oxidation sites excluding steroid dienone is 2. The van der Waals surface area contributed by atoms with E-state index in [0.29, 0.717) is 6.29 Å². The van der Waals surface area contributed by atoms with E-state index >= 15 is 0 Å². The topological polar surface area (TPSA) is 17.1 Å². The zero-order chi connectivity index (χ0) is 4.99. The third-order valence-corrected chi connectivity index (χ3v) is 0.348. The average molecular weight is 172 g/mol. The van der Waals surface area contributed by atoms with Crippen LogP contribution < -0.4 is 0 Å². The molecule has 0 aromatic carbocycles. The molecule has 0 fully saturated rings. The Morgan fingerprint density at radius 3 is 2.00 bits per heavy atom. The van der Waals surface area contributed by atoms with E-state index in [2.05, 4.69) is 6.08 Å². The Morgan fingerprint density at radius 1 is 1.57 bits per heavy atom. The molecule has 0 saturated carbocycles. The van der Waals surface area contributed by atoms with Crippen molar-refractivity contribution in [1.29, 1.82) is 0 Å². The fraction of sp³-hybridized carbons (Fsp3) is 0.400. The minimum Gasteiger partial charge on any atom is -0.432 e. The van der Waals surface area contributed by atoms with Crippen molar-refractivity contribution >= 4 is 6.29 Å². The zero-order valence-corrected chi connectivity index (χ0v) is 7.40. The first kappa shape index (κ1) is 10.5. The Kier molecular flexibility index (Phi) is 9.76. The van der Waals surface area contributed by atoms with E-state index in [1.807, 2.05) is 13.8 Å². The van der Waals surface area contributed by atoms with Gasteiger partial charge in [0.1, 0.15) is 0 Å². The minimum absolute atomic E-state index is 0. The molecule has 0 aliphatic heterocycles. The summed E-state index contributed by atoms with van der Waals surface area (Å²) in [5.41, 5.74) is 0.921. The summed E-state index contributed by atoms with van der Waals surface area (Å²) in [6.07, 6.45) is 3.11. The van der Waals surface area contributed by atoms with Crippen molar-refractivity contribution in [2.24, 2.45) is 0 Å². The first-order valence-corrected chi connectivity index (χ1v) is 1.77. The van der Waals surface area contributed by atoms with Gasteiger partial charge in [-0.2, -0.15) is 0 Å².